The molecule has 2 N–H and O–H groups in total. The Bertz CT molecular complexity index is 966. The summed E-state index contributed by atoms with van der Waals surface area (Å²) in [4.78, 5) is 14.7. The van der Waals surface area contributed by atoms with Crippen LogP contribution >= 0.6 is 0 Å². The molecule has 0 amide bonds. The van der Waals surface area contributed by atoms with Gasteiger partial charge in [-0.2, -0.15) is 0 Å². The fourth-order valence-corrected chi connectivity index (χ4v) is 8.38. The van der Waals surface area contributed by atoms with Crippen LogP contribution < -0.4 is 0 Å². The van der Waals surface area contributed by atoms with E-state index in [1.165, 1.54) is 12.8 Å². The molecule has 54 heavy (non-hydrogen) atoms. The number of rotatable bonds is 7. The van der Waals surface area contributed by atoms with Gasteiger partial charge in [0.1, 0.15) is 12.2 Å². The van der Waals surface area contributed by atoms with Gasteiger partial charge in [0, 0.05) is 33.8 Å². The van der Waals surface area contributed by atoms with Gasteiger partial charge in [0.15, 0.2) is 6.29 Å². The molecule has 3 saturated heterocycles. The van der Waals surface area contributed by atoms with Gasteiger partial charge in [-0.05, 0) is 89.1 Å². The highest BCUT2D eigenvalue weighted by Crippen LogP contribution is 2.47. The van der Waals surface area contributed by atoms with Crippen LogP contribution in [0.5, 0.6) is 0 Å². The number of fused-ring (bicyclic) bond motifs is 1. The van der Waals surface area contributed by atoms with Gasteiger partial charge in [-0.3, -0.25) is 4.79 Å². The number of methoxy groups -OCH3 is 3. The molecular weight excluding hydrogens is 686 g/mol. The Balaban J connectivity index is 0. The molecule has 322 valence electrons. The molecule has 1 aliphatic carbocycles. The lowest BCUT2D eigenvalue weighted by molar-refractivity contribution is -0.184. The molecule has 13 unspecified atom stereocenters. The number of cyclic esters (lactones) is 1. The predicted octanol–water partition coefficient (Wildman–Crippen LogP) is 8.35. The number of carbonyl (C=O) groups excluding carboxylic acids is 1. The molecule has 0 bridgehead atoms. The first-order valence-corrected chi connectivity index (χ1v) is 21.0. The first-order chi connectivity index (χ1) is 25.5. The Kier molecular flexibility index (Phi) is 29.4. The van der Waals surface area contributed by atoms with E-state index in [0.717, 1.165) is 38.5 Å². The van der Waals surface area contributed by atoms with E-state index >= 15 is 0 Å². The van der Waals surface area contributed by atoms with Crippen LogP contribution in [-0.4, -0.2) is 111 Å². The summed E-state index contributed by atoms with van der Waals surface area (Å²) in [6.45, 7) is 25.4. The smallest absolute Gasteiger partial charge is 0.308 e. The molecule has 0 radical (unpaired) electrons. The highest BCUT2D eigenvalue weighted by molar-refractivity contribution is 5.72. The highest BCUT2D eigenvalue weighted by Gasteiger charge is 2.64. The number of hydrogen-bond donors (Lipinski definition) is 2. The topological polar surface area (TPSA) is 119 Å². The Morgan fingerprint density at radius 1 is 0.852 bits per heavy atom. The van der Waals surface area contributed by atoms with Gasteiger partial charge < -0.3 is 43.5 Å². The third kappa shape index (κ3) is 18.3. The first kappa shape index (κ1) is 54.8. The number of carbonyl (C=O) groups is 1. The number of likely N-dealkylation sites (N-methyl/N-ethyl adjacent to an activating group) is 1. The van der Waals surface area contributed by atoms with E-state index in [2.05, 4.69) is 59.3 Å². The first-order valence-electron chi connectivity index (χ1n) is 21.0. The van der Waals surface area contributed by atoms with Crippen molar-refractivity contribution in [3.63, 3.8) is 0 Å². The number of epoxide rings is 1. The maximum absolute atomic E-state index is 12.6. The van der Waals surface area contributed by atoms with Crippen LogP contribution in [-0.2, 0) is 33.2 Å². The molecule has 10 heteroatoms. The molecule has 10 nitrogen and oxygen atoms in total. The molecule has 4 aliphatic rings. The van der Waals surface area contributed by atoms with Gasteiger partial charge in [0.05, 0.1) is 36.8 Å². The van der Waals surface area contributed by atoms with E-state index in [1.54, 1.807) is 21.3 Å². The van der Waals surface area contributed by atoms with Crippen LogP contribution in [0.2, 0.25) is 0 Å². The zero-order chi connectivity index (χ0) is 42.3. The van der Waals surface area contributed by atoms with Crippen LogP contribution in [0.4, 0.5) is 0 Å². The molecule has 3 aliphatic heterocycles. The number of nitrogens with zero attached hydrogens (tertiary/aromatic N) is 1. The van der Waals surface area contributed by atoms with Gasteiger partial charge in [0.2, 0.25) is 5.79 Å². The van der Waals surface area contributed by atoms with Crippen molar-refractivity contribution in [2.45, 2.75) is 196 Å². The summed E-state index contributed by atoms with van der Waals surface area (Å²) in [6, 6.07) is 0.351. The van der Waals surface area contributed by atoms with Crippen molar-refractivity contribution in [2.24, 2.45) is 35.5 Å². The Hall–Kier alpha value is -1.29. The van der Waals surface area contributed by atoms with Crippen molar-refractivity contribution >= 4 is 5.97 Å². The lowest BCUT2D eigenvalue weighted by atomic mass is 9.82. The fraction of sp³-hybridized carbons (Fsp3) is 0.932. The summed E-state index contributed by atoms with van der Waals surface area (Å²) in [6.07, 6.45) is 15.7. The molecule has 0 aromatic rings. The van der Waals surface area contributed by atoms with Crippen molar-refractivity contribution in [3.8, 4) is 12.8 Å². The second kappa shape index (κ2) is 29.0. The largest absolute Gasteiger partial charge is 0.462 e. The minimum atomic E-state index is -0.747. The standard InChI is InChI=1S/C21H40O3.C10H21NO2.C7H12O4.2C2H6.C2H2/c1-8-9-16(4)20-13-19(23-7)17(5)11-14(2)10-15(3)12-18(6)21(22)24-20;1-7-5-8(11(2)3)10(13-4)9(12)6-7;1-4-6-7(9-2,11-6)3-5(8)10-4;3*1-2/h14-20H,8-13H2,1-7H3;7-10,12H,5-6H2,1-4H3;4-6,8H,3H2,1-2H3;2*1-2H3;1-2H/t14?,15?,16-,17?,18+,19?,20?;;;;;/m0...../s1. The minimum absolute atomic E-state index is 0.0101. The normalized spacial score (nSPS) is 38.3. The average molecular weight is 774 g/mol. The Morgan fingerprint density at radius 2 is 1.41 bits per heavy atom. The van der Waals surface area contributed by atoms with Crippen LogP contribution in [0.1, 0.15) is 141 Å². The number of aliphatic hydroxyl groups is 2. The average Bonchev–Trinajstić information content (AvgIpc) is 3.87. The second-order valence-electron chi connectivity index (χ2n) is 16.0. The van der Waals surface area contributed by atoms with Gasteiger partial charge >= 0.3 is 5.97 Å². The second-order valence-corrected chi connectivity index (χ2v) is 16.0. The van der Waals surface area contributed by atoms with Crippen molar-refractivity contribution in [1.82, 2.24) is 4.90 Å². The monoisotopic (exact) mass is 774 g/mol. The quantitative estimate of drug-likeness (QED) is 0.149. The maximum Gasteiger partial charge on any atom is 0.308 e. The summed E-state index contributed by atoms with van der Waals surface area (Å²) in [7, 11) is 9.15. The minimum Gasteiger partial charge on any atom is -0.462 e. The van der Waals surface area contributed by atoms with Crippen LogP contribution in [0.25, 0.3) is 0 Å². The summed E-state index contributed by atoms with van der Waals surface area (Å²) in [5, 5.41) is 19.0. The van der Waals surface area contributed by atoms with Crippen molar-refractivity contribution < 1.29 is 43.4 Å². The van der Waals surface area contributed by atoms with E-state index in [1.807, 2.05) is 55.6 Å². The van der Waals surface area contributed by atoms with Crippen molar-refractivity contribution in [2.75, 3.05) is 35.4 Å². The van der Waals surface area contributed by atoms with Crippen LogP contribution in [0, 0.1) is 48.4 Å². The Labute approximate surface area is 333 Å². The van der Waals surface area contributed by atoms with Crippen molar-refractivity contribution in [1.29, 1.82) is 0 Å². The van der Waals surface area contributed by atoms with Crippen molar-refractivity contribution in [3.05, 3.63) is 0 Å². The zero-order valence-corrected chi connectivity index (χ0v) is 37.8. The summed E-state index contributed by atoms with van der Waals surface area (Å²) < 4.78 is 32.7. The summed E-state index contributed by atoms with van der Waals surface area (Å²) in [5.74, 6) is 2.11. The van der Waals surface area contributed by atoms with E-state index in [0.29, 0.717) is 42.1 Å². The zero-order valence-electron chi connectivity index (χ0n) is 37.8. The lowest BCUT2D eigenvalue weighted by Gasteiger charge is -2.40. The van der Waals surface area contributed by atoms with Crippen LogP contribution in [0.15, 0.2) is 0 Å². The van der Waals surface area contributed by atoms with Gasteiger partial charge in [-0.25, -0.2) is 0 Å². The van der Waals surface area contributed by atoms with Crippen LogP contribution in [0.3, 0.4) is 0 Å². The van der Waals surface area contributed by atoms with Gasteiger partial charge in [-0.15, -0.1) is 12.8 Å². The highest BCUT2D eigenvalue weighted by atomic mass is 16.8. The molecule has 0 aromatic carbocycles. The molecular formula is C44H87NO9. The molecule has 0 aromatic heterocycles. The SMILES string of the molecule is C#C.CC.CC.CCC[C@H](C)C1CC(OC)C(C)CC(C)CC(C)C[C@@H](C)C(=O)O1.COC12CC(O)OC(C)C1O2.COC1C(O)CC(C)CC1N(C)C. The third-order valence-corrected chi connectivity index (χ3v) is 11.1. The number of ether oxygens (including phenoxy) is 6. The number of terminal acetylenes is 1. The predicted molar refractivity (Wildman–Crippen MR) is 221 cm³/mol. The molecule has 3 heterocycles. The van der Waals surface area contributed by atoms with E-state index in [-0.39, 0.29) is 48.5 Å². The summed E-state index contributed by atoms with van der Waals surface area (Å²) >= 11 is 0. The van der Waals surface area contributed by atoms with Gasteiger partial charge in [-0.1, -0.05) is 82.6 Å². The van der Waals surface area contributed by atoms with Gasteiger partial charge in [0.25, 0.3) is 0 Å². The summed E-state index contributed by atoms with van der Waals surface area (Å²) in [5.41, 5.74) is 0. The van der Waals surface area contributed by atoms with E-state index in [4.69, 9.17) is 28.4 Å². The van der Waals surface area contributed by atoms with E-state index < -0.39 is 12.1 Å². The Morgan fingerprint density at radius 3 is 1.91 bits per heavy atom. The third-order valence-electron chi connectivity index (χ3n) is 11.1. The molecule has 15 atom stereocenters. The number of hydrogen-bond acceptors (Lipinski definition) is 10. The fourth-order valence-electron chi connectivity index (χ4n) is 8.38. The van der Waals surface area contributed by atoms with E-state index in [9.17, 15) is 15.0 Å². The lowest BCUT2D eigenvalue weighted by Crippen LogP contribution is -2.51. The molecule has 4 rings (SSSR count). The molecule has 1 saturated carbocycles. The molecule has 4 fully saturated rings. The molecule has 0 spiro atoms. The number of aliphatic hydroxyl groups excluding tert-OH is 2. The maximum atomic E-state index is 12.6. The number of esters is 1.